The molecule has 33 heavy (non-hydrogen) atoms. The highest BCUT2D eigenvalue weighted by molar-refractivity contribution is 7.98. The van der Waals surface area contributed by atoms with E-state index in [1.807, 2.05) is 30.3 Å². The molecule has 0 radical (unpaired) electrons. The lowest BCUT2D eigenvalue weighted by Gasteiger charge is -2.33. The molecule has 1 amide bonds. The maximum absolute atomic E-state index is 12.6. The Morgan fingerprint density at radius 1 is 1.24 bits per heavy atom. The van der Waals surface area contributed by atoms with Crippen LogP contribution in [-0.4, -0.2) is 80.4 Å². The molecule has 9 heteroatoms. The number of piperazine rings is 1. The van der Waals surface area contributed by atoms with Gasteiger partial charge in [-0.1, -0.05) is 23.9 Å². The fraction of sp³-hybridized carbons (Fsp3) is 0.542. The Kier molecular flexibility index (Phi) is 8.55. The first-order valence-corrected chi connectivity index (χ1v) is 12.5. The Morgan fingerprint density at radius 2 is 2.09 bits per heavy atom. The molecule has 1 N–H and O–H groups in total. The van der Waals surface area contributed by atoms with Gasteiger partial charge in [-0.05, 0) is 37.6 Å². The van der Waals surface area contributed by atoms with Gasteiger partial charge >= 0.3 is 0 Å². The van der Waals surface area contributed by atoms with Gasteiger partial charge in [-0.3, -0.25) is 4.79 Å². The summed E-state index contributed by atoms with van der Waals surface area (Å²) in [5.74, 6) is 1.58. The van der Waals surface area contributed by atoms with Crippen molar-refractivity contribution in [1.82, 2.24) is 20.2 Å². The number of thioether (sulfide) groups is 1. The van der Waals surface area contributed by atoms with E-state index in [0.29, 0.717) is 24.5 Å². The van der Waals surface area contributed by atoms with Crippen molar-refractivity contribution in [1.29, 1.82) is 0 Å². The van der Waals surface area contributed by atoms with Crippen LogP contribution in [0.1, 0.15) is 34.5 Å². The van der Waals surface area contributed by atoms with Gasteiger partial charge in [0, 0.05) is 63.8 Å². The van der Waals surface area contributed by atoms with E-state index in [1.165, 1.54) is 0 Å². The molecule has 0 aliphatic carbocycles. The molecule has 1 unspecified atom stereocenters. The van der Waals surface area contributed by atoms with Gasteiger partial charge in [-0.2, -0.15) is 0 Å². The van der Waals surface area contributed by atoms with E-state index < -0.39 is 0 Å². The monoisotopic (exact) mass is 471 g/mol. The molecule has 4 rings (SSSR count). The molecule has 0 saturated carbocycles. The van der Waals surface area contributed by atoms with Crippen molar-refractivity contribution in [3.63, 3.8) is 0 Å². The number of nitrogens with one attached hydrogen (secondary N) is 1. The Balaban J connectivity index is 1.39. The van der Waals surface area contributed by atoms with Gasteiger partial charge in [-0.25, -0.2) is 9.97 Å². The fourth-order valence-electron chi connectivity index (χ4n) is 4.01. The average molecular weight is 472 g/mol. The number of carbonyl (C=O) groups excluding carboxylic acids is 1. The Morgan fingerprint density at radius 3 is 2.85 bits per heavy atom. The lowest BCUT2D eigenvalue weighted by molar-refractivity contribution is 0.0857. The number of nitrogens with zero attached hydrogens (tertiary/aromatic N) is 4. The molecule has 2 saturated heterocycles. The van der Waals surface area contributed by atoms with Crippen LogP contribution in [0.2, 0.25) is 0 Å². The number of amides is 1. The number of benzene rings is 1. The number of ether oxygens (including phenoxy) is 2. The summed E-state index contributed by atoms with van der Waals surface area (Å²) in [4.78, 5) is 26.7. The van der Waals surface area contributed by atoms with Crippen LogP contribution in [0.25, 0.3) is 0 Å². The molecule has 3 heterocycles. The Hall–Kier alpha value is -2.20. The third-order valence-electron chi connectivity index (χ3n) is 5.94. The van der Waals surface area contributed by atoms with Gasteiger partial charge in [0.2, 0.25) is 0 Å². The standard InChI is InChI=1S/C24H33N5O3S/c1-28-8-10-29(11-9-28)22-14-20(16-31-2)26-24(27-22)33-17-18-5-3-6-19(13-18)23(30)25-15-21-7-4-12-32-21/h3,5-6,13-14,21H,4,7-12,15-17H2,1-2H3,(H,25,30). The molecule has 1 aromatic carbocycles. The summed E-state index contributed by atoms with van der Waals surface area (Å²) in [5.41, 5.74) is 2.61. The van der Waals surface area contributed by atoms with Gasteiger partial charge in [-0.15, -0.1) is 0 Å². The van der Waals surface area contributed by atoms with Crippen molar-refractivity contribution in [3.05, 3.63) is 47.2 Å². The number of rotatable bonds is 9. The predicted molar refractivity (Wildman–Crippen MR) is 130 cm³/mol. The first kappa shape index (κ1) is 23.9. The summed E-state index contributed by atoms with van der Waals surface area (Å²) in [7, 11) is 3.83. The normalized spacial score (nSPS) is 19.1. The van der Waals surface area contributed by atoms with Gasteiger partial charge in [0.25, 0.3) is 5.91 Å². The molecule has 8 nitrogen and oxygen atoms in total. The van der Waals surface area contributed by atoms with Crippen LogP contribution in [-0.2, 0) is 21.8 Å². The lowest BCUT2D eigenvalue weighted by atomic mass is 10.1. The van der Waals surface area contributed by atoms with Crippen LogP contribution in [0.3, 0.4) is 0 Å². The van der Waals surface area contributed by atoms with E-state index in [4.69, 9.17) is 14.5 Å². The van der Waals surface area contributed by atoms with Crippen molar-refractivity contribution >= 4 is 23.5 Å². The second kappa shape index (κ2) is 11.8. The molecule has 2 aromatic rings. The maximum atomic E-state index is 12.6. The summed E-state index contributed by atoms with van der Waals surface area (Å²) >= 11 is 1.58. The van der Waals surface area contributed by atoms with Crippen molar-refractivity contribution in [2.24, 2.45) is 0 Å². The van der Waals surface area contributed by atoms with E-state index in [-0.39, 0.29) is 12.0 Å². The minimum atomic E-state index is -0.0620. The Labute approximate surface area is 200 Å². The minimum Gasteiger partial charge on any atom is -0.378 e. The highest BCUT2D eigenvalue weighted by atomic mass is 32.2. The summed E-state index contributed by atoms with van der Waals surface area (Å²) in [6, 6.07) is 9.77. The summed E-state index contributed by atoms with van der Waals surface area (Å²) < 4.78 is 10.9. The first-order valence-electron chi connectivity index (χ1n) is 11.5. The molecular formula is C24H33N5O3S. The van der Waals surface area contributed by atoms with Gasteiger partial charge in [0.05, 0.1) is 18.4 Å². The quantitative estimate of drug-likeness (QED) is 0.442. The molecule has 2 aliphatic heterocycles. The second-order valence-corrected chi connectivity index (χ2v) is 9.50. The second-order valence-electron chi connectivity index (χ2n) is 8.56. The number of hydrogen-bond acceptors (Lipinski definition) is 8. The molecule has 0 spiro atoms. The van der Waals surface area contributed by atoms with E-state index in [2.05, 4.69) is 27.1 Å². The topological polar surface area (TPSA) is 79.8 Å². The lowest BCUT2D eigenvalue weighted by Crippen LogP contribution is -2.44. The van der Waals surface area contributed by atoms with Crippen LogP contribution in [0.15, 0.2) is 35.5 Å². The number of anilines is 1. The minimum absolute atomic E-state index is 0.0620. The fourth-order valence-corrected chi connectivity index (χ4v) is 4.82. The molecule has 178 valence electrons. The zero-order valence-electron chi connectivity index (χ0n) is 19.5. The number of methoxy groups -OCH3 is 1. The van der Waals surface area contributed by atoms with Crippen LogP contribution in [0.4, 0.5) is 5.82 Å². The zero-order chi connectivity index (χ0) is 23.0. The molecular weight excluding hydrogens is 438 g/mol. The van der Waals surface area contributed by atoms with Gasteiger partial charge in [0.15, 0.2) is 5.16 Å². The summed E-state index contributed by atoms with van der Waals surface area (Å²) in [5, 5.41) is 3.72. The smallest absolute Gasteiger partial charge is 0.251 e. The number of hydrogen-bond donors (Lipinski definition) is 1. The molecule has 2 aliphatic rings. The van der Waals surface area contributed by atoms with E-state index in [0.717, 1.165) is 67.9 Å². The largest absolute Gasteiger partial charge is 0.378 e. The van der Waals surface area contributed by atoms with E-state index >= 15 is 0 Å². The number of aromatic nitrogens is 2. The average Bonchev–Trinajstić information content (AvgIpc) is 3.36. The highest BCUT2D eigenvalue weighted by Gasteiger charge is 2.18. The first-order chi connectivity index (χ1) is 16.1. The van der Waals surface area contributed by atoms with E-state index in [1.54, 1.807) is 18.9 Å². The third kappa shape index (κ3) is 6.89. The van der Waals surface area contributed by atoms with E-state index in [9.17, 15) is 4.79 Å². The van der Waals surface area contributed by atoms with Gasteiger partial charge in [0.1, 0.15) is 5.82 Å². The SMILES string of the molecule is COCc1cc(N2CCN(C)CC2)nc(SCc2cccc(C(=O)NCC3CCCO3)c2)n1. The highest BCUT2D eigenvalue weighted by Crippen LogP contribution is 2.24. The number of carbonyl (C=O) groups is 1. The van der Waals surface area contributed by atoms with Crippen LogP contribution in [0, 0.1) is 0 Å². The van der Waals surface area contributed by atoms with Crippen molar-refractivity contribution in [2.75, 3.05) is 58.4 Å². The van der Waals surface area contributed by atoms with Gasteiger partial charge < -0.3 is 24.6 Å². The number of likely N-dealkylation sites (N-methyl/N-ethyl adjacent to an activating group) is 1. The summed E-state index contributed by atoms with van der Waals surface area (Å²) in [6.45, 7) is 5.75. The van der Waals surface area contributed by atoms with Crippen LogP contribution in [0.5, 0.6) is 0 Å². The van der Waals surface area contributed by atoms with Crippen molar-refractivity contribution in [3.8, 4) is 0 Å². The van der Waals surface area contributed by atoms with Crippen molar-refractivity contribution < 1.29 is 14.3 Å². The molecule has 0 bridgehead atoms. The summed E-state index contributed by atoms with van der Waals surface area (Å²) in [6.07, 6.45) is 2.21. The third-order valence-corrected chi connectivity index (χ3v) is 6.85. The van der Waals surface area contributed by atoms with Crippen LogP contribution >= 0.6 is 11.8 Å². The van der Waals surface area contributed by atoms with Crippen LogP contribution < -0.4 is 10.2 Å². The molecule has 1 aromatic heterocycles. The Bertz CT molecular complexity index is 930. The van der Waals surface area contributed by atoms with Crippen molar-refractivity contribution in [2.45, 2.75) is 36.5 Å². The maximum Gasteiger partial charge on any atom is 0.251 e. The zero-order valence-corrected chi connectivity index (χ0v) is 20.3. The molecule has 2 fully saturated rings. The predicted octanol–water partition coefficient (Wildman–Crippen LogP) is 2.58. The molecule has 1 atom stereocenters.